The third-order valence-electron chi connectivity index (χ3n) is 4.38. The van der Waals surface area contributed by atoms with Crippen molar-refractivity contribution in [1.82, 2.24) is 19.9 Å². The number of rotatable bonds is 5. The summed E-state index contributed by atoms with van der Waals surface area (Å²) in [6.07, 6.45) is 10.2. The van der Waals surface area contributed by atoms with Gasteiger partial charge < -0.3 is 16.0 Å². The third-order valence-corrected chi connectivity index (χ3v) is 4.38. The van der Waals surface area contributed by atoms with Crippen molar-refractivity contribution in [1.29, 1.82) is 0 Å². The molecule has 4 N–H and O–H groups in total. The summed E-state index contributed by atoms with van der Waals surface area (Å²) in [7, 11) is 1.84. The quantitative estimate of drug-likeness (QED) is 0.467. The number of nitrogens with two attached hydrogens (primary N) is 1. The van der Waals surface area contributed by atoms with E-state index in [1.54, 1.807) is 24.7 Å². The van der Waals surface area contributed by atoms with E-state index < -0.39 is 5.91 Å². The molecule has 0 spiro atoms. The van der Waals surface area contributed by atoms with Gasteiger partial charge in [-0.3, -0.25) is 9.78 Å². The van der Waals surface area contributed by atoms with Gasteiger partial charge in [0.05, 0.1) is 5.69 Å². The Balaban J connectivity index is 1.78. The number of aromatic nitrogens is 4. The fourth-order valence-corrected chi connectivity index (χ4v) is 3.00. The highest BCUT2D eigenvalue weighted by atomic mass is 16.1. The topological polar surface area (TPSA) is 110 Å². The Hall–Kier alpha value is -4.00. The molecule has 0 fully saturated rings. The van der Waals surface area contributed by atoms with Crippen LogP contribution in [-0.4, -0.2) is 32.9 Å². The molecule has 0 bridgehead atoms. The zero-order valence-corrected chi connectivity index (χ0v) is 15.2. The van der Waals surface area contributed by atoms with Gasteiger partial charge in [0.15, 0.2) is 0 Å². The number of nitrogens with one attached hydrogen (secondary N) is 2. The third kappa shape index (κ3) is 3.45. The molecule has 0 aliphatic rings. The molecule has 0 unspecified atom stereocenters. The molecule has 4 heterocycles. The minimum atomic E-state index is -0.489. The minimum Gasteiger partial charge on any atom is -0.373 e. The Labute approximate surface area is 161 Å². The Morgan fingerprint density at radius 2 is 1.96 bits per heavy atom. The first kappa shape index (κ1) is 17.4. The molecule has 4 aromatic rings. The lowest BCUT2D eigenvalue weighted by Gasteiger charge is -2.05. The van der Waals surface area contributed by atoms with Gasteiger partial charge in [0.25, 0.3) is 0 Å². The normalized spacial score (nSPS) is 11.2. The summed E-state index contributed by atoms with van der Waals surface area (Å²) in [6, 6.07) is 9.71. The van der Waals surface area contributed by atoms with Gasteiger partial charge in [0, 0.05) is 54.4 Å². The minimum absolute atomic E-state index is 0.489. The Kier molecular flexibility index (Phi) is 4.55. The lowest BCUT2D eigenvalue weighted by atomic mass is 10.0. The Morgan fingerprint density at radius 1 is 1.11 bits per heavy atom. The van der Waals surface area contributed by atoms with Crippen LogP contribution in [-0.2, 0) is 4.79 Å². The van der Waals surface area contributed by atoms with Crippen molar-refractivity contribution in [2.45, 2.75) is 0 Å². The van der Waals surface area contributed by atoms with Crippen molar-refractivity contribution in [3.05, 3.63) is 66.8 Å². The van der Waals surface area contributed by atoms with Crippen LogP contribution in [0.2, 0.25) is 0 Å². The molecule has 0 saturated heterocycles. The molecular weight excluding hydrogens is 352 g/mol. The summed E-state index contributed by atoms with van der Waals surface area (Å²) in [5, 5.41) is 4.05. The number of aromatic amines is 1. The lowest BCUT2D eigenvalue weighted by molar-refractivity contribution is -0.113. The highest BCUT2D eigenvalue weighted by Crippen LogP contribution is 2.31. The van der Waals surface area contributed by atoms with Crippen LogP contribution in [0.25, 0.3) is 39.5 Å². The number of fused-ring (bicyclic) bond motifs is 1. The van der Waals surface area contributed by atoms with Crippen LogP contribution in [0.5, 0.6) is 0 Å². The SMILES string of the molecule is CNc1cc(-c2c[nH]c3ncc(-c4cc(/C=C/C(N)=O)ccn4)cc23)ccn1. The number of H-pyrrole nitrogens is 1. The maximum atomic E-state index is 11.0. The molecule has 4 aromatic heterocycles. The molecule has 0 atom stereocenters. The average molecular weight is 370 g/mol. The van der Waals surface area contributed by atoms with Crippen molar-refractivity contribution in [2.24, 2.45) is 5.73 Å². The van der Waals surface area contributed by atoms with Crippen LogP contribution in [0, 0.1) is 0 Å². The molecule has 28 heavy (non-hydrogen) atoms. The molecule has 138 valence electrons. The maximum absolute atomic E-state index is 11.0. The number of anilines is 1. The fraction of sp³-hybridized carbons (Fsp3) is 0.0476. The molecule has 7 nitrogen and oxygen atoms in total. The van der Waals surface area contributed by atoms with Crippen molar-refractivity contribution >= 4 is 28.8 Å². The van der Waals surface area contributed by atoms with Gasteiger partial charge in [0.1, 0.15) is 11.5 Å². The fourth-order valence-electron chi connectivity index (χ4n) is 3.00. The number of amides is 1. The largest absolute Gasteiger partial charge is 0.373 e. The molecule has 0 aromatic carbocycles. The van der Waals surface area contributed by atoms with Crippen LogP contribution in [0.15, 0.2) is 61.2 Å². The smallest absolute Gasteiger partial charge is 0.241 e. The molecule has 1 amide bonds. The zero-order valence-electron chi connectivity index (χ0n) is 15.2. The lowest BCUT2D eigenvalue weighted by Crippen LogP contribution is -2.05. The van der Waals surface area contributed by atoms with E-state index in [1.165, 1.54) is 6.08 Å². The monoisotopic (exact) mass is 370 g/mol. The number of pyridine rings is 3. The van der Waals surface area contributed by atoms with Crippen LogP contribution in [0.1, 0.15) is 5.56 Å². The standard InChI is InChI=1S/C21H18N6O/c1-23-20-10-14(5-7-25-20)17-12-27-21-16(17)9-15(11-26-21)18-8-13(4-6-24-18)2-3-19(22)28/h2-12H,1H3,(H2,22,28)(H,23,25)(H,26,27)/b3-2+. The van der Waals surface area contributed by atoms with E-state index >= 15 is 0 Å². The van der Waals surface area contributed by atoms with E-state index in [4.69, 9.17) is 5.73 Å². The van der Waals surface area contributed by atoms with E-state index in [0.717, 1.165) is 44.8 Å². The predicted molar refractivity (Wildman–Crippen MR) is 110 cm³/mol. The Bertz CT molecular complexity index is 1190. The van der Waals surface area contributed by atoms with Gasteiger partial charge in [-0.15, -0.1) is 0 Å². The summed E-state index contributed by atoms with van der Waals surface area (Å²) >= 11 is 0. The van der Waals surface area contributed by atoms with Crippen molar-refractivity contribution < 1.29 is 4.79 Å². The summed E-state index contributed by atoms with van der Waals surface area (Å²) in [5.74, 6) is 0.309. The maximum Gasteiger partial charge on any atom is 0.241 e. The molecule has 0 saturated carbocycles. The van der Waals surface area contributed by atoms with E-state index in [0.29, 0.717) is 0 Å². The average Bonchev–Trinajstić information content (AvgIpc) is 3.16. The van der Waals surface area contributed by atoms with Gasteiger partial charge >= 0.3 is 0 Å². The number of hydrogen-bond donors (Lipinski definition) is 3. The van der Waals surface area contributed by atoms with Gasteiger partial charge in [0.2, 0.25) is 5.91 Å². The molecule has 0 aliphatic carbocycles. The molecule has 4 rings (SSSR count). The van der Waals surface area contributed by atoms with Crippen molar-refractivity contribution in [3.8, 4) is 22.4 Å². The second-order valence-electron chi connectivity index (χ2n) is 6.21. The van der Waals surface area contributed by atoms with Gasteiger partial charge in [-0.05, 0) is 47.5 Å². The molecular formula is C21H18N6O. The van der Waals surface area contributed by atoms with Crippen LogP contribution >= 0.6 is 0 Å². The van der Waals surface area contributed by atoms with Gasteiger partial charge in [-0.25, -0.2) is 9.97 Å². The van der Waals surface area contributed by atoms with E-state index in [2.05, 4.69) is 31.3 Å². The van der Waals surface area contributed by atoms with E-state index in [9.17, 15) is 4.79 Å². The van der Waals surface area contributed by atoms with E-state index in [1.807, 2.05) is 37.5 Å². The van der Waals surface area contributed by atoms with E-state index in [-0.39, 0.29) is 0 Å². The summed E-state index contributed by atoms with van der Waals surface area (Å²) < 4.78 is 0. The second kappa shape index (κ2) is 7.32. The van der Waals surface area contributed by atoms with Crippen LogP contribution in [0.3, 0.4) is 0 Å². The summed E-state index contributed by atoms with van der Waals surface area (Å²) in [5.41, 5.74) is 10.5. The van der Waals surface area contributed by atoms with Crippen molar-refractivity contribution in [3.63, 3.8) is 0 Å². The number of primary amides is 1. The van der Waals surface area contributed by atoms with Gasteiger partial charge in [-0.1, -0.05) is 0 Å². The van der Waals surface area contributed by atoms with Crippen LogP contribution in [0.4, 0.5) is 5.82 Å². The number of carbonyl (C=O) groups excluding carboxylic acids is 1. The highest BCUT2D eigenvalue weighted by molar-refractivity contribution is 5.96. The zero-order chi connectivity index (χ0) is 19.5. The molecule has 0 radical (unpaired) electrons. The predicted octanol–water partition coefficient (Wildman–Crippen LogP) is 3.23. The van der Waals surface area contributed by atoms with Crippen molar-refractivity contribution in [2.75, 3.05) is 12.4 Å². The first-order valence-corrected chi connectivity index (χ1v) is 8.69. The van der Waals surface area contributed by atoms with Crippen LogP contribution < -0.4 is 11.1 Å². The summed E-state index contributed by atoms with van der Waals surface area (Å²) in [6.45, 7) is 0. The molecule has 0 aliphatic heterocycles. The first-order valence-electron chi connectivity index (χ1n) is 8.69. The van der Waals surface area contributed by atoms with Gasteiger partial charge in [-0.2, -0.15) is 0 Å². The summed E-state index contributed by atoms with van der Waals surface area (Å²) in [4.78, 5) is 27.4. The number of carbonyl (C=O) groups is 1. The highest BCUT2D eigenvalue weighted by Gasteiger charge is 2.10. The number of hydrogen-bond acceptors (Lipinski definition) is 5. The number of nitrogens with zero attached hydrogens (tertiary/aromatic N) is 3. The second-order valence-corrected chi connectivity index (χ2v) is 6.21. The Morgan fingerprint density at radius 3 is 2.79 bits per heavy atom. The first-order chi connectivity index (χ1) is 13.6. The molecule has 7 heteroatoms.